The van der Waals surface area contributed by atoms with Crippen molar-refractivity contribution in [3.63, 3.8) is 0 Å². The zero-order chi connectivity index (χ0) is 23.0. The van der Waals surface area contributed by atoms with Crippen LogP contribution in [0.1, 0.15) is 49.1 Å². The summed E-state index contributed by atoms with van der Waals surface area (Å²) in [6, 6.07) is 5.52. The molecule has 8 N–H and O–H groups in total. The van der Waals surface area contributed by atoms with Crippen molar-refractivity contribution in [2.24, 2.45) is 11.5 Å². The number of hydrogen-bond donors (Lipinski definition) is 6. The highest BCUT2D eigenvalue weighted by molar-refractivity contribution is 5.83. The second-order valence-electron chi connectivity index (χ2n) is 7.02. The van der Waals surface area contributed by atoms with Crippen molar-refractivity contribution in [1.82, 2.24) is 20.8 Å². The van der Waals surface area contributed by atoms with Crippen molar-refractivity contribution in [3.8, 4) is 0 Å². The average molecular weight is 434 g/mol. The highest BCUT2D eigenvalue weighted by atomic mass is 16.5. The first-order chi connectivity index (χ1) is 14.7. The summed E-state index contributed by atoms with van der Waals surface area (Å²) in [6.07, 6.45) is -0.504. The van der Waals surface area contributed by atoms with Gasteiger partial charge in [-0.05, 0) is 25.3 Å². The van der Waals surface area contributed by atoms with Gasteiger partial charge in [-0.1, -0.05) is 35.5 Å². The van der Waals surface area contributed by atoms with Crippen molar-refractivity contribution >= 4 is 17.9 Å². The van der Waals surface area contributed by atoms with Gasteiger partial charge in [0.2, 0.25) is 11.8 Å². The molecule has 0 spiro atoms. The molecule has 0 aliphatic heterocycles. The molecule has 0 saturated carbocycles. The molecule has 12 nitrogen and oxygen atoms in total. The first-order valence-electron chi connectivity index (χ1n) is 9.56. The zero-order valence-electron chi connectivity index (χ0n) is 16.9. The Balaban J connectivity index is 2.05. The molecule has 1 aromatic heterocycles. The summed E-state index contributed by atoms with van der Waals surface area (Å²) in [5, 5.41) is 26.8. The molecule has 0 bridgehead atoms. The largest absolute Gasteiger partial charge is 0.480 e. The number of aromatic nitrogens is 2. The van der Waals surface area contributed by atoms with Crippen LogP contribution < -0.4 is 22.1 Å². The van der Waals surface area contributed by atoms with Gasteiger partial charge in [0.1, 0.15) is 6.04 Å². The maximum Gasteiger partial charge on any atom is 0.328 e. The van der Waals surface area contributed by atoms with Crippen molar-refractivity contribution in [3.05, 3.63) is 47.6 Å². The first kappa shape index (κ1) is 23.8. The molecule has 0 radical (unpaired) electrons. The lowest BCUT2D eigenvalue weighted by atomic mass is 10.1. The van der Waals surface area contributed by atoms with Crippen LogP contribution in [0, 0.1) is 0 Å². The summed E-state index contributed by atoms with van der Waals surface area (Å²) < 4.78 is 5.14. The van der Waals surface area contributed by atoms with E-state index in [1.165, 1.54) is 6.92 Å². The highest BCUT2D eigenvalue weighted by Crippen LogP contribution is 2.19. The molecule has 4 atom stereocenters. The van der Waals surface area contributed by atoms with E-state index in [1.54, 1.807) is 0 Å². The van der Waals surface area contributed by atoms with Gasteiger partial charge in [-0.25, -0.2) is 9.59 Å². The van der Waals surface area contributed by atoms with Gasteiger partial charge in [0, 0.05) is 0 Å². The van der Waals surface area contributed by atoms with Crippen LogP contribution in [0.3, 0.4) is 0 Å². The standard InChI is InChI=1S/C19H26N6O6/c1-10(26)15(18(28)29)23-19(30)22-13(9-14(21)27)17-24-16(25-31-17)12(20)8-7-11-5-3-2-4-6-11/h2-6,10,12-13,15,26H,7-9,20H2,1H3,(H2,21,27)(H,28,29)(H2,22,23,30)/t10?,12-,13-,15-/m0/s1. The number of amides is 3. The van der Waals surface area contributed by atoms with E-state index in [2.05, 4.69) is 20.8 Å². The summed E-state index contributed by atoms with van der Waals surface area (Å²) in [6.45, 7) is 1.21. The predicted molar refractivity (Wildman–Crippen MR) is 107 cm³/mol. The minimum Gasteiger partial charge on any atom is -0.480 e. The SMILES string of the molecule is CC(O)[C@H](NC(=O)N[C@@H](CC(N)=O)c1nc([C@@H](N)CCc2ccccc2)no1)C(=O)O. The van der Waals surface area contributed by atoms with Crippen molar-refractivity contribution < 1.29 is 29.1 Å². The van der Waals surface area contributed by atoms with E-state index < -0.39 is 42.1 Å². The fourth-order valence-electron chi connectivity index (χ4n) is 2.77. The number of aliphatic hydroxyl groups is 1. The predicted octanol–water partition coefficient (Wildman–Crippen LogP) is -0.248. The number of aliphatic hydroxyl groups excluding tert-OH is 1. The van der Waals surface area contributed by atoms with Crippen LogP contribution in [0.15, 0.2) is 34.9 Å². The Morgan fingerprint density at radius 2 is 1.87 bits per heavy atom. The lowest BCUT2D eigenvalue weighted by molar-refractivity contribution is -0.141. The van der Waals surface area contributed by atoms with E-state index >= 15 is 0 Å². The van der Waals surface area contributed by atoms with Gasteiger partial charge in [0.15, 0.2) is 11.9 Å². The zero-order valence-corrected chi connectivity index (χ0v) is 16.9. The Morgan fingerprint density at radius 3 is 2.45 bits per heavy atom. The van der Waals surface area contributed by atoms with Crippen LogP contribution in [-0.2, 0) is 16.0 Å². The Hall–Kier alpha value is -3.51. The molecule has 0 saturated heterocycles. The van der Waals surface area contributed by atoms with Crippen LogP contribution in [0.4, 0.5) is 4.79 Å². The maximum atomic E-state index is 12.2. The summed E-state index contributed by atoms with van der Waals surface area (Å²) in [5.41, 5.74) is 12.4. The number of primary amides is 1. The maximum absolute atomic E-state index is 12.2. The quantitative estimate of drug-likeness (QED) is 0.275. The fourth-order valence-corrected chi connectivity index (χ4v) is 2.77. The van der Waals surface area contributed by atoms with Crippen molar-refractivity contribution in [2.75, 3.05) is 0 Å². The van der Waals surface area contributed by atoms with Crippen molar-refractivity contribution in [1.29, 1.82) is 0 Å². The highest BCUT2D eigenvalue weighted by Gasteiger charge is 2.29. The summed E-state index contributed by atoms with van der Waals surface area (Å²) in [4.78, 5) is 38.8. The average Bonchev–Trinajstić information content (AvgIpc) is 3.20. The molecule has 2 rings (SSSR count). The van der Waals surface area contributed by atoms with Crippen LogP contribution >= 0.6 is 0 Å². The third-order valence-corrected chi connectivity index (χ3v) is 4.42. The number of carboxylic acids is 1. The van der Waals surface area contributed by atoms with Gasteiger partial charge in [-0.2, -0.15) is 4.98 Å². The minimum absolute atomic E-state index is 0.108. The molecule has 12 heteroatoms. The molecule has 3 amide bonds. The smallest absolute Gasteiger partial charge is 0.328 e. The normalized spacial score (nSPS) is 14.8. The van der Waals surface area contributed by atoms with Crippen molar-refractivity contribution in [2.45, 2.75) is 50.4 Å². The number of benzene rings is 1. The van der Waals surface area contributed by atoms with E-state index in [0.717, 1.165) is 5.56 Å². The Kier molecular flexibility index (Phi) is 8.46. The molecule has 0 fully saturated rings. The first-order valence-corrected chi connectivity index (χ1v) is 9.56. The Bertz CT molecular complexity index is 887. The molecule has 168 valence electrons. The molecule has 0 aliphatic carbocycles. The molecular weight excluding hydrogens is 408 g/mol. The number of carbonyl (C=O) groups excluding carboxylic acids is 2. The molecule has 1 unspecified atom stereocenters. The summed E-state index contributed by atoms with van der Waals surface area (Å²) >= 11 is 0. The van der Waals surface area contributed by atoms with E-state index in [-0.39, 0.29) is 18.1 Å². The van der Waals surface area contributed by atoms with Gasteiger partial charge in [-0.15, -0.1) is 0 Å². The molecule has 31 heavy (non-hydrogen) atoms. The summed E-state index contributed by atoms with van der Waals surface area (Å²) in [7, 11) is 0. The number of nitrogens with two attached hydrogens (primary N) is 2. The van der Waals surface area contributed by atoms with Crippen LogP contribution in [0.25, 0.3) is 0 Å². The lowest BCUT2D eigenvalue weighted by Gasteiger charge is -2.19. The van der Waals surface area contributed by atoms with Crippen LogP contribution in [0.5, 0.6) is 0 Å². The number of aryl methyl sites for hydroxylation is 1. The minimum atomic E-state index is -1.56. The van der Waals surface area contributed by atoms with Gasteiger partial charge < -0.3 is 36.8 Å². The van der Waals surface area contributed by atoms with E-state index in [0.29, 0.717) is 12.8 Å². The molecular formula is C19H26N6O6. The van der Waals surface area contributed by atoms with Gasteiger partial charge in [0.25, 0.3) is 0 Å². The summed E-state index contributed by atoms with van der Waals surface area (Å²) in [5.74, 6) is -2.11. The monoisotopic (exact) mass is 434 g/mol. The van der Waals surface area contributed by atoms with Crippen LogP contribution in [0.2, 0.25) is 0 Å². The number of nitrogens with one attached hydrogen (secondary N) is 2. The van der Waals surface area contributed by atoms with Gasteiger partial charge in [-0.3, -0.25) is 4.79 Å². The van der Waals surface area contributed by atoms with Crippen LogP contribution in [-0.4, -0.2) is 50.4 Å². The fraction of sp³-hybridized carbons (Fsp3) is 0.421. The Morgan fingerprint density at radius 1 is 1.19 bits per heavy atom. The van der Waals surface area contributed by atoms with E-state index in [4.69, 9.17) is 21.1 Å². The molecule has 1 aromatic carbocycles. The number of rotatable bonds is 11. The number of carbonyl (C=O) groups is 3. The second-order valence-corrected chi connectivity index (χ2v) is 7.02. The number of hydrogen-bond acceptors (Lipinski definition) is 8. The third-order valence-electron chi connectivity index (χ3n) is 4.42. The van der Waals surface area contributed by atoms with E-state index in [1.807, 2.05) is 30.3 Å². The third kappa shape index (κ3) is 7.35. The topological polar surface area (TPSA) is 207 Å². The number of aliphatic carboxylic acids is 1. The van der Waals surface area contributed by atoms with Gasteiger partial charge >= 0.3 is 12.0 Å². The van der Waals surface area contributed by atoms with E-state index in [9.17, 15) is 19.5 Å². The number of urea groups is 1. The number of nitrogens with zero attached hydrogens (tertiary/aromatic N) is 2. The number of carboxylic acid groups (broad SMARTS) is 1. The molecule has 2 aromatic rings. The molecule has 0 aliphatic rings. The second kappa shape index (κ2) is 11.0. The molecule has 1 heterocycles. The lowest BCUT2D eigenvalue weighted by Crippen LogP contribution is -2.52. The Labute approximate surface area is 178 Å². The van der Waals surface area contributed by atoms with Gasteiger partial charge in [0.05, 0.1) is 18.6 Å².